The molecular formula is C17H21NO3. The molecule has 2 aliphatic rings. The maximum atomic E-state index is 12.6. The second kappa shape index (κ2) is 5.51. The van der Waals surface area contributed by atoms with Crippen molar-refractivity contribution in [3.63, 3.8) is 0 Å². The highest BCUT2D eigenvalue weighted by Gasteiger charge is 2.47. The monoisotopic (exact) mass is 287 g/mol. The molecule has 1 N–H and O–H groups in total. The summed E-state index contributed by atoms with van der Waals surface area (Å²) in [5.74, 6) is -0.640. The Morgan fingerprint density at radius 3 is 2.43 bits per heavy atom. The Balaban J connectivity index is 1.72. The molecule has 0 spiro atoms. The predicted molar refractivity (Wildman–Crippen MR) is 78.8 cm³/mol. The Kier molecular flexibility index (Phi) is 3.70. The lowest BCUT2D eigenvalue weighted by Crippen LogP contribution is -2.33. The Morgan fingerprint density at radius 1 is 1.19 bits per heavy atom. The molecule has 0 bridgehead atoms. The van der Waals surface area contributed by atoms with Crippen LogP contribution in [0.2, 0.25) is 0 Å². The lowest BCUT2D eigenvalue weighted by atomic mass is 9.92. The van der Waals surface area contributed by atoms with Crippen molar-refractivity contribution in [2.24, 2.45) is 17.8 Å². The highest BCUT2D eigenvalue weighted by Crippen LogP contribution is 2.44. The summed E-state index contributed by atoms with van der Waals surface area (Å²) in [6.07, 6.45) is 2.23. The van der Waals surface area contributed by atoms with Gasteiger partial charge in [-0.2, -0.15) is 0 Å². The molecule has 3 rings (SSSR count). The summed E-state index contributed by atoms with van der Waals surface area (Å²) in [5, 5.41) is 9.38. The summed E-state index contributed by atoms with van der Waals surface area (Å²) in [4.78, 5) is 25.8. The first kappa shape index (κ1) is 14.1. The SMILES string of the molecule is C[C@@H](C(=O)N1C[C@H](C(=O)O)[C@@H](C2CC2)C1)c1ccccc1. The van der Waals surface area contributed by atoms with Gasteiger partial charge in [-0.25, -0.2) is 0 Å². The average molecular weight is 287 g/mol. The Morgan fingerprint density at radius 2 is 1.86 bits per heavy atom. The molecule has 0 unspecified atom stereocenters. The van der Waals surface area contributed by atoms with Gasteiger partial charge in [0.2, 0.25) is 5.91 Å². The maximum absolute atomic E-state index is 12.6. The molecule has 0 aromatic heterocycles. The molecule has 1 aromatic rings. The number of rotatable bonds is 4. The van der Waals surface area contributed by atoms with E-state index in [9.17, 15) is 14.7 Å². The number of carboxylic acid groups (broad SMARTS) is 1. The van der Waals surface area contributed by atoms with Crippen molar-refractivity contribution in [3.05, 3.63) is 35.9 Å². The van der Waals surface area contributed by atoms with Crippen molar-refractivity contribution in [3.8, 4) is 0 Å². The molecule has 1 saturated heterocycles. The van der Waals surface area contributed by atoms with Crippen LogP contribution in [0.3, 0.4) is 0 Å². The van der Waals surface area contributed by atoms with Gasteiger partial charge in [-0.05, 0) is 37.2 Å². The summed E-state index contributed by atoms with van der Waals surface area (Å²) < 4.78 is 0. The van der Waals surface area contributed by atoms with Gasteiger partial charge in [0.05, 0.1) is 11.8 Å². The van der Waals surface area contributed by atoms with E-state index in [1.807, 2.05) is 37.3 Å². The number of hydrogen-bond donors (Lipinski definition) is 1. The van der Waals surface area contributed by atoms with Crippen molar-refractivity contribution in [1.82, 2.24) is 4.90 Å². The molecule has 4 heteroatoms. The van der Waals surface area contributed by atoms with Crippen LogP contribution in [-0.2, 0) is 9.59 Å². The molecule has 1 saturated carbocycles. The van der Waals surface area contributed by atoms with Crippen LogP contribution in [0, 0.1) is 17.8 Å². The molecular weight excluding hydrogens is 266 g/mol. The second-order valence-electron chi connectivity index (χ2n) is 6.32. The van der Waals surface area contributed by atoms with Gasteiger partial charge in [-0.15, -0.1) is 0 Å². The van der Waals surface area contributed by atoms with Crippen LogP contribution in [0.15, 0.2) is 30.3 Å². The molecule has 1 amide bonds. The third-order valence-electron chi connectivity index (χ3n) is 4.89. The Labute approximate surface area is 124 Å². The van der Waals surface area contributed by atoms with Crippen LogP contribution >= 0.6 is 0 Å². The highest BCUT2D eigenvalue weighted by atomic mass is 16.4. The number of likely N-dealkylation sites (tertiary alicyclic amines) is 1. The smallest absolute Gasteiger partial charge is 0.308 e. The first-order chi connectivity index (χ1) is 10.1. The van der Waals surface area contributed by atoms with Gasteiger partial charge in [-0.3, -0.25) is 9.59 Å². The van der Waals surface area contributed by atoms with Gasteiger partial charge in [0.15, 0.2) is 0 Å². The summed E-state index contributed by atoms with van der Waals surface area (Å²) >= 11 is 0. The van der Waals surface area contributed by atoms with Crippen LogP contribution in [0.25, 0.3) is 0 Å². The fourth-order valence-corrected chi connectivity index (χ4v) is 3.43. The molecule has 1 heterocycles. The van der Waals surface area contributed by atoms with Crippen molar-refractivity contribution in [2.75, 3.05) is 13.1 Å². The topological polar surface area (TPSA) is 57.6 Å². The van der Waals surface area contributed by atoms with E-state index in [-0.39, 0.29) is 23.7 Å². The van der Waals surface area contributed by atoms with E-state index in [4.69, 9.17) is 0 Å². The first-order valence-electron chi connectivity index (χ1n) is 7.64. The molecule has 3 atom stereocenters. The minimum absolute atomic E-state index is 0.0515. The van der Waals surface area contributed by atoms with Crippen LogP contribution < -0.4 is 0 Å². The molecule has 1 aromatic carbocycles. The summed E-state index contributed by atoms with van der Waals surface area (Å²) in [5.41, 5.74) is 0.990. The number of carboxylic acids is 1. The number of nitrogens with zero attached hydrogens (tertiary/aromatic N) is 1. The second-order valence-corrected chi connectivity index (χ2v) is 6.32. The molecule has 1 aliphatic heterocycles. The Hall–Kier alpha value is -1.84. The van der Waals surface area contributed by atoms with Crippen molar-refractivity contribution < 1.29 is 14.7 Å². The van der Waals surface area contributed by atoms with Gasteiger partial charge in [0.1, 0.15) is 0 Å². The zero-order valence-corrected chi connectivity index (χ0v) is 12.2. The summed E-state index contributed by atoms with van der Waals surface area (Å²) in [6, 6.07) is 9.68. The summed E-state index contributed by atoms with van der Waals surface area (Å²) in [6.45, 7) is 2.88. The van der Waals surface area contributed by atoms with E-state index < -0.39 is 5.97 Å². The number of amides is 1. The standard InChI is InChI=1S/C17H21NO3/c1-11(12-5-3-2-4-6-12)16(19)18-9-14(13-7-8-13)15(10-18)17(20)21/h2-6,11,13-15H,7-10H2,1H3,(H,20,21)/t11-,14-,15+/m1/s1. The molecule has 112 valence electrons. The van der Waals surface area contributed by atoms with Gasteiger partial charge >= 0.3 is 5.97 Å². The van der Waals surface area contributed by atoms with E-state index >= 15 is 0 Å². The quantitative estimate of drug-likeness (QED) is 0.925. The molecule has 4 nitrogen and oxygen atoms in total. The van der Waals surface area contributed by atoms with Gasteiger partial charge in [-0.1, -0.05) is 30.3 Å². The fraction of sp³-hybridized carbons (Fsp3) is 0.529. The van der Waals surface area contributed by atoms with E-state index in [1.54, 1.807) is 4.90 Å². The van der Waals surface area contributed by atoms with E-state index in [2.05, 4.69) is 0 Å². The number of hydrogen-bond acceptors (Lipinski definition) is 2. The van der Waals surface area contributed by atoms with Crippen LogP contribution in [-0.4, -0.2) is 35.0 Å². The highest BCUT2D eigenvalue weighted by molar-refractivity contribution is 5.84. The predicted octanol–water partition coefficient (Wildman–Crippen LogP) is 2.36. The van der Waals surface area contributed by atoms with Crippen molar-refractivity contribution in [1.29, 1.82) is 0 Å². The zero-order valence-electron chi connectivity index (χ0n) is 12.2. The van der Waals surface area contributed by atoms with Crippen LogP contribution in [0.1, 0.15) is 31.2 Å². The van der Waals surface area contributed by atoms with Gasteiger partial charge in [0, 0.05) is 13.1 Å². The van der Waals surface area contributed by atoms with Crippen molar-refractivity contribution >= 4 is 11.9 Å². The van der Waals surface area contributed by atoms with E-state index in [0.29, 0.717) is 19.0 Å². The number of aliphatic carboxylic acids is 1. The molecule has 2 fully saturated rings. The average Bonchev–Trinajstić information content (AvgIpc) is 3.25. The first-order valence-corrected chi connectivity index (χ1v) is 7.64. The van der Waals surface area contributed by atoms with Gasteiger partial charge < -0.3 is 10.0 Å². The van der Waals surface area contributed by atoms with E-state index in [1.165, 1.54) is 0 Å². The molecule has 21 heavy (non-hydrogen) atoms. The third kappa shape index (κ3) is 2.80. The number of carbonyl (C=O) groups is 2. The number of benzene rings is 1. The van der Waals surface area contributed by atoms with Crippen molar-refractivity contribution in [2.45, 2.75) is 25.7 Å². The number of carbonyl (C=O) groups excluding carboxylic acids is 1. The third-order valence-corrected chi connectivity index (χ3v) is 4.89. The fourth-order valence-electron chi connectivity index (χ4n) is 3.43. The van der Waals surface area contributed by atoms with Crippen LogP contribution in [0.4, 0.5) is 0 Å². The van der Waals surface area contributed by atoms with Crippen LogP contribution in [0.5, 0.6) is 0 Å². The lowest BCUT2D eigenvalue weighted by molar-refractivity contribution is -0.142. The van der Waals surface area contributed by atoms with E-state index in [0.717, 1.165) is 18.4 Å². The lowest BCUT2D eigenvalue weighted by Gasteiger charge is -2.21. The van der Waals surface area contributed by atoms with Gasteiger partial charge in [0.25, 0.3) is 0 Å². The molecule has 1 aliphatic carbocycles. The Bertz CT molecular complexity index is 538. The maximum Gasteiger partial charge on any atom is 0.308 e. The minimum atomic E-state index is -0.755. The largest absolute Gasteiger partial charge is 0.481 e. The zero-order chi connectivity index (χ0) is 15.0. The molecule has 0 radical (unpaired) electrons. The minimum Gasteiger partial charge on any atom is -0.481 e. The normalized spacial score (nSPS) is 26.6. The summed E-state index contributed by atoms with van der Waals surface area (Å²) in [7, 11) is 0.